The minimum Gasteiger partial charge on any atom is -0.459 e. The molecule has 0 fully saturated rings. The third-order valence-corrected chi connectivity index (χ3v) is 6.89. The first kappa shape index (κ1) is 22.9. The maximum Gasteiger partial charge on any atom is 0.340 e. The van der Waals surface area contributed by atoms with Gasteiger partial charge in [0, 0.05) is 12.6 Å². The van der Waals surface area contributed by atoms with Crippen LogP contribution in [0.2, 0.25) is 5.02 Å². The van der Waals surface area contributed by atoms with Crippen molar-refractivity contribution in [1.82, 2.24) is 4.90 Å². The van der Waals surface area contributed by atoms with Gasteiger partial charge in [0.1, 0.15) is 10.6 Å². The molecule has 0 aliphatic rings. The number of halogens is 1. The zero-order valence-electron chi connectivity index (χ0n) is 17.5. The molecule has 164 valence electrons. The summed E-state index contributed by atoms with van der Waals surface area (Å²) in [6, 6.07) is 14.7. The first-order chi connectivity index (χ1) is 14.7. The van der Waals surface area contributed by atoms with Crippen molar-refractivity contribution in [2.45, 2.75) is 44.7 Å². The van der Waals surface area contributed by atoms with Gasteiger partial charge >= 0.3 is 10.1 Å². The molecule has 31 heavy (non-hydrogen) atoms. The zero-order valence-corrected chi connectivity index (χ0v) is 19.1. The van der Waals surface area contributed by atoms with E-state index in [-0.39, 0.29) is 33.4 Å². The van der Waals surface area contributed by atoms with E-state index in [0.29, 0.717) is 12.1 Å². The van der Waals surface area contributed by atoms with Gasteiger partial charge in [-0.15, -0.1) is 0 Å². The van der Waals surface area contributed by atoms with E-state index in [1.807, 2.05) is 13.8 Å². The topological polar surface area (TPSA) is 76.8 Å². The summed E-state index contributed by atoms with van der Waals surface area (Å²) in [5, 5.41) is 0.109. The maximum atomic E-state index is 12.8. The lowest BCUT2D eigenvalue weighted by Crippen LogP contribution is -2.37. The number of hydrogen-bond donors (Lipinski definition) is 0. The summed E-state index contributed by atoms with van der Waals surface area (Å²) >= 11 is 6.07. The zero-order chi connectivity index (χ0) is 22.6. The molecule has 0 aliphatic heterocycles. The SMILES string of the molecule is CC[C@H](C)N(Cc1ccc(OS(=O)(=O)c2c(C)cccc2Cl)cc1)C(=O)c1ccco1. The van der Waals surface area contributed by atoms with E-state index in [2.05, 4.69) is 0 Å². The highest BCUT2D eigenvalue weighted by molar-refractivity contribution is 7.87. The Bertz CT molecular complexity index is 1120. The molecule has 0 saturated carbocycles. The van der Waals surface area contributed by atoms with Crippen molar-refractivity contribution in [1.29, 1.82) is 0 Å². The summed E-state index contributed by atoms with van der Waals surface area (Å²) in [4.78, 5) is 14.5. The Morgan fingerprint density at radius 1 is 1.13 bits per heavy atom. The van der Waals surface area contributed by atoms with Crippen LogP contribution in [0.15, 0.2) is 70.2 Å². The van der Waals surface area contributed by atoms with E-state index >= 15 is 0 Å². The van der Waals surface area contributed by atoms with Crippen LogP contribution in [0.3, 0.4) is 0 Å². The van der Waals surface area contributed by atoms with E-state index in [0.717, 1.165) is 12.0 Å². The number of furan rings is 1. The molecule has 1 amide bonds. The Hall–Kier alpha value is -2.77. The molecule has 1 heterocycles. The molecule has 8 heteroatoms. The third-order valence-electron chi connectivity index (χ3n) is 5.01. The van der Waals surface area contributed by atoms with Gasteiger partial charge in [-0.3, -0.25) is 4.79 Å². The molecule has 0 radical (unpaired) electrons. The summed E-state index contributed by atoms with van der Waals surface area (Å²) in [6.45, 7) is 5.98. The van der Waals surface area contributed by atoms with Crippen LogP contribution in [0.1, 0.15) is 41.9 Å². The second-order valence-corrected chi connectivity index (χ2v) is 9.13. The van der Waals surface area contributed by atoms with Gasteiger partial charge in [-0.25, -0.2) is 0 Å². The number of carbonyl (C=O) groups excluding carboxylic acids is 1. The average molecular weight is 462 g/mol. The average Bonchev–Trinajstić information content (AvgIpc) is 3.26. The predicted molar refractivity (Wildman–Crippen MR) is 119 cm³/mol. The fourth-order valence-corrected chi connectivity index (χ4v) is 4.86. The second kappa shape index (κ2) is 9.58. The van der Waals surface area contributed by atoms with Crippen LogP contribution in [0.25, 0.3) is 0 Å². The number of hydrogen-bond acceptors (Lipinski definition) is 5. The van der Waals surface area contributed by atoms with Gasteiger partial charge < -0.3 is 13.5 Å². The number of amides is 1. The predicted octanol–water partition coefficient (Wildman–Crippen LogP) is 5.45. The van der Waals surface area contributed by atoms with E-state index < -0.39 is 10.1 Å². The van der Waals surface area contributed by atoms with Crippen LogP contribution >= 0.6 is 11.6 Å². The fraction of sp³-hybridized carbons (Fsp3) is 0.261. The Morgan fingerprint density at radius 3 is 2.42 bits per heavy atom. The Morgan fingerprint density at radius 2 is 1.84 bits per heavy atom. The summed E-state index contributed by atoms with van der Waals surface area (Å²) < 4.78 is 35.9. The lowest BCUT2D eigenvalue weighted by Gasteiger charge is -2.28. The number of carbonyl (C=O) groups is 1. The van der Waals surface area contributed by atoms with Crippen LogP contribution in [0.5, 0.6) is 5.75 Å². The van der Waals surface area contributed by atoms with Gasteiger partial charge in [0.25, 0.3) is 5.91 Å². The molecule has 0 spiro atoms. The summed E-state index contributed by atoms with van der Waals surface area (Å²) in [5.74, 6) is 0.244. The molecule has 0 aliphatic carbocycles. The van der Waals surface area contributed by atoms with E-state index in [1.165, 1.54) is 12.3 Å². The molecule has 0 bridgehead atoms. The molecular weight excluding hydrogens is 438 g/mol. The second-order valence-electron chi connectivity index (χ2n) is 7.23. The molecule has 3 aromatic rings. The third kappa shape index (κ3) is 5.29. The highest BCUT2D eigenvalue weighted by Crippen LogP contribution is 2.28. The smallest absolute Gasteiger partial charge is 0.340 e. The van der Waals surface area contributed by atoms with Crippen molar-refractivity contribution < 1.29 is 21.8 Å². The number of aryl methyl sites for hydroxylation is 1. The normalized spacial score (nSPS) is 12.4. The summed E-state index contributed by atoms with van der Waals surface area (Å²) in [5.41, 5.74) is 1.34. The molecule has 6 nitrogen and oxygen atoms in total. The number of nitrogens with zero attached hydrogens (tertiary/aromatic N) is 1. The molecule has 3 rings (SSSR count). The van der Waals surface area contributed by atoms with Crippen molar-refractivity contribution in [3.8, 4) is 5.75 Å². The van der Waals surface area contributed by atoms with Crippen molar-refractivity contribution in [3.05, 3.63) is 82.8 Å². The van der Waals surface area contributed by atoms with Crippen LogP contribution in [0, 0.1) is 6.92 Å². The molecule has 1 atom stereocenters. The highest BCUT2D eigenvalue weighted by atomic mass is 35.5. The molecule has 2 aromatic carbocycles. The molecule has 1 aromatic heterocycles. The minimum absolute atomic E-state index is 0.00268. The standard InChI is InChI=1S/C23H24ClNO5S/c1-4-17(3)25(23(26)21-9-6-14-29-21)15-18-10-12-19(13-11-18)30-31(27,28)22-16(2)7-5-8-20(22)24/h5-14,17H,4,15H2,1-3H3/t17-/m0/s1. The molecule has 0 unspecified atom stereocenters. The molecular formula is C23H24ClNO5S. The van der Waals surface area contributed by atoms with E-state index in [9.17, 15) is 13.2 Å². The fourth-order valence-electron chi connectivity index (χ4n) is 3.14. The Labute approximate surface area is 187 Å². The molecule has 0 saturated heterocycles. The van der Waals surface area contributed by atoms with Crippen LogP contribution < -0.4 is 4.18 Å². The van der Waals surface area contributed by atoms with Crippen LogP contribution in [-0.2, 0) is 16.7 Å². The van der Waals surface area contributed by atoms with Crippen LogP contribution in [0.4, 0.5) is 0 Å². The minimum atomic E-state index is -4.08. The quantitative estimate of drug-likeness (QED) is 0.417. The first-order valence-electron chi connectivity index (χ1n) is 9.86. The van der Waals surface area contributed by atoms with Crippen molar-refractivity contribution >= 4 is 27.6 Å². The number of benzene rings is 2. The van der Waals surface area contributed by atoms with Gasteiger partial charge in [0.15, 0.2) is 5.76 Å². The van der Waals surface area contributed by atoms with Gasteiger partial charge in [-0.1, -0.05) is 42.8 Å². The van der Waals surface area contributed by atoms with E-state index in [1.54, 1.807) is 60.4 Å². The largest absolute Gasteiger partial charge is 0.459 e. The molecule has 0 N–H and O–H groups in total. The monoisotopic (exact) mass is 461 g/mol. The first-order valence-corrected chi connectivity index (χ1v) is 11.6. The van der Waals surface area contributed by atoms with E-state index in [4.69, 9.17) is 20.2 Å². The van der Waals surface area contributed by atoms with Crippen molar-refractivity contribution in [2.24, 2.45) is 0 Å². The van der Waals surface area contributed by atoms with Gasteiger partial charge in [0.05, 0.1) is 11.3 Å². The maximum absolute atomic E-state index is 12.8. The van der Waals surface area contributed by atoms with Gasteiger partial charge in [0.2, 0.25) is 0 Å². The summed E-state index contributed by atoms with van der Waals surface area (Å²) in [6.07, 6.45) is 2.25. The Balaban J connectivity index is 1.78. The van der Waals surface area contributed by atoms with Gasteiger partial charge in [-0.05, 0) is 61.7 Å². The lowest BCUT2D eigenvalue weighted by atomic mass is 10.1. The summed E-state index contributed by atoms with van der Waals surface area (Å²) in [7, 11) is -4.08. The van der Waals surface area contributed by atoms with Crippen LogP contribution in [-0.4, -0.2) is 25.3 Å². The van der Waals surface area contributed by atoms with Crippen molar-refractivity contribution in [2.75, 3.05) is 0 Å². The highest BCUT2D eigenvalue weighted by Gasteiger charge is 2.24. The van der Waals surface area contributed by atoms with Gasteiger partial charge in [-0.2, -0.15) is 8.42 Å². The number of rotatable bonds is 8. The van der Waals surface area contributed by atoms with Crippen molar-refractivity contribution in [3.63, 3.8) is 0 Å². The Kier molecular flexibility index (Phi) is 7.08. The lowest BCUT2D eigenvalue weighted by molar-refractivity contribution is 0.0638.